The highest BCUT2D eigenvalue weighted by molar-refractivity contribution is 7.99. The zero-order valence-electron chi connectivity index (χ0n) is 18.3. The molecule has 4 aromatic rings. The number of hydrogen-bond acceptors (Lipinski definition) is 8. The first-order chi connectivity index (χ1) is 16.8. The third kappa shape index (κ3) is 6.32. The van der Waals surface area contributed by atoms with Gasteiger partial charge in [-0.15, -0.1) is 10.2 Å². The molecule has 0 spiro atoms. The third-order valence-electron chi connectivity index (χ3n) is 4.63. The molecule has 0 unspecified atom stereocenters. The zero-order valence-corrected chi connectivity index (χ0v) is 20.7. The Balaban J connectivity index is 1.35. The molecule has 0 aliphatic heterocycles. The van der Waals surface area contributed by atoms with Crippen LogP contribution in [0, 0.1) is 0 Å². The summed E-state index contributed by atoms with van der Waals surface area (Å²) in [6.45, 7) is 0. The van der Waals surface area contributed by atoms with E-state index in [9.17, 15) is 13.2 Å². The maximum absolute atomic E-state index is 12.6. The maximum atomic E-state index is 12.6. The molecule has 0 aliphatic rings. The van der Waals surface area contributed by atoms with Crippen LogP contribution in [0.5, 0.6) is 5.75 Å². The summed E-state index contributed by atoms with van der Waals surface area (Å²) in [5.74, 6) is 0.588. The topological polar surface area (TPSA) is 123 Å². The van der Waals surface area contributed by atoms with E-state index in [2.05, 4.69) is 20.2 Å². The summed E-state index contributed by atoms with van der Waals surface area (Å²) in [7, 11) is -2.25. The van der Waals surface area contributed by atoms with Crippen molar-refractivity contribution in [3.8, 4) is 17.2 Å². The quantitative estimate of drug-likeness (QED) is 0.292. The molecule has 1 amide bonds. The Kier molecular flexibility index (Phi) is 7.59. The predicted molar refractivity (Wildman–Crippen MR) is 134 cm³/mol. The summed E-state index contributed by atoms with van der Waals surface area (Å²) in [6.07, 6.45) is 0. The Morgan fingerprint density at radius 2 is 1.74 bits per heavy atom. The van der Waals surface area contributed by atoms with Gasteiger partial charge in [0.2, 0.25) is 11.8 Å². The number of rotatable bonds is 9. The average Bonchev–Trinajstić information content (AvgIpc) is 3.34. The molecule has 35 heavy (non-hydrogen) atoms. The van der Waals surface area contributed by atoms with Gasteiger partial charge in [0.15, 0.2) is 0 Å². The van der Waals surface area contributed by atoms with E-state index in [4.69, 9.17) is 20.8 Å². The molecule has 0 fully saturated rings. The van der Waals surface area contributed by atoms with E-state index < -0.39 is 10.0 Å². The molecule has 180 valence electrons. The number of amides is 1. The molecule has 9 nitrogen and oxygen atoms in total. The van der Waals surface area contributed by atoms with Crippen molar-refractivity contribution >= 4 is 50.7 Å². The van der Waals surface area contributed by atoms with E-state index in [-0.39, 0.29) is 27.7 Å². The lowest BCUT2D eigenvalue weighted by molar-refractivity contribution is -0.113. The fraction of sp³-hybridized carbons (Fsp3) is 0.0870. The Morgan fingerprint density at radius 1 is 1.03 bits per heavy atom. The number of nitrogens with one attached hydrogen (secondary N) is 2. The van der Waals surface area contributed by atoms with Gasteiger partial charge in [-0.1, -0.05) is 35.5 Å². The first-order valence-electron chi connectivity index (χ1n) is 10.1. The minimum Gasteiger partial charge on any atom is -0.497 e. The minimum absolute atomic E-state index is 0.0545. The number of halogens is 1. The Hall–Kier alpha value is -3.54. The van der Waals surface area contributed by atoms with E-state index in [1.807, 2.05) is 0 Å². The zero-order chi connectivity index (χ0) is 24.8. The first kappa shape index (κ1) is 24.6. The molecule has 3 aromatic carbocycles. The number of nitrogens with zero attached hydrogens (tertiary/aromatic N) is 2. The van der Waals surface area contributed by atoms with Gasteiger partial charge in [0.25, 0.3) is 15.2 Å². The lowest BCUT2D eigenvalue weighted by Gasteiger charge is -2.09. The van der Waals surface area contributed by atoms with Crippen LogP contribution < -0.4 is 14.8 Å². The number of carbonyl (C=O) groups is 1. The SMILES string of the molecule is COc1ccc(S(=O)(=O)Nc2ccc(-c3nnc(SCC(=O)Nc4ccccc4Cl)o3)cc2)cc1. The molecule has 0 radical (unpaired) electrons. The molecule has 4 rings (SSSR count). The summed E-state index contributed by atoms with van der Waals surface area (Å²) < 4.78 is 38.4. The van der Waals surface area contributed by atoms with Crippen LogP contribution in [0.15, 0.2) is 87.3 Å². The van der Waals surface area contributed by atoms with Gasteiger partial charge in [0, 0.05) is 11.3 Å². The number of sulfonamides is 1. The van der Waals surface area contributed by atoms with Crippen molar-refractivity contribution in [3.63, 3.8) is 0 Å². The van der Waals surface area contributed by atoms with Crippen LogP contribution in [0.4, 0.5) is 11.4 Å². The van der Waals surface area contributed by atoms with Crippen molar-refractivity contribution in [1.82, 2.24) is 10.2 Å². The molecule has 0 saturated carbocycles. The fourth-order valence-corrected chi connectivity index (χ4v) is 4.72. The Morgan fingerprint density at radius 3 is 2.43 bits per heavy atom. The van der Waals surface area contributed by atoms with Crippen LogP contribution in [0.1, 0.15) is 0 Å². The summed E-state index contributed by atoms with van der Waals surface area (Å²) in [5, 5.41) is 11.3. The molecule has 1 aromatic heterocycles. The van der Waals surface area contributed by atoms with Crippen molar-refractivity contribution < 1.29 is 22.4 Å². The van der Waals surface area contributed by atoms with Crippen LogP contribution in [-0.4, -0.2) is 37.4 Å². The highest BCUT2D eigenvalue weighted by atomic mass is 35.5. The van der Waals surface area contributed by atoms with Gasteiger partial charge in [-0.2, -0.15) is 0 Å². The summed E-state index contributed by atoms with van der Waals surface area (Å²) in [5.41, 5.74) is 1.49. The molecule has 1 heterocycles. The number of benzene rings is 3. The fourth-order valence-electron chi connectivity index (χ4n) is 2.91. The number of hydrogen-bond donors (Lipinski definition) is 2. The third-order valence-corrected chi connectivity index (χ3v) is 7.18. The van der Waals surface area contributed by atoms with Gasteiger partial charge >= 0.3 is 0 Å². The Bertz CT molecular complexity index is 1430. The minimum atomic E-state index is -3.76. The van der Waals surface area contributed by atoms with E-state index in [1.54, 1.807) is 60.7 Å². The van der Waals surface area contributed by atoms with Crippen molar-refractivity contribution in [2.24, 2.45) is 0 Å². The number of aromatic nitrogens is 2. The number of para-hydroxylation sites is 1. The van der Waals surface area contributed by atoms with Gasteiger partial charge in [0.05, 0.1) is 28.5 Å². The van der Waals surface area contributed by atoms with Crippen LogP contribution >= 0.6 is 23.4 Å². The molecule has 0 bridgehead atoms. The van der Waals surface area contributed by atoms with E-state index in [0.29, 0.717) is 27.7 Å². The second-order valence-electron chi connectivity index (χ2n) is 7.05. The monoisotopic (exact) mass is 530 g/mol. The number of ether oxygens (including phenoxy) is 1. The lowest BCUT2D eigenvalue weighted by atomic mass is 10.2. The normalized spacial score (nSPS) is 11.1. The number of carbonyl (C=O) groups excluding carboxylic acids is 1. The molecule has 2 N–H and O–H groups in total. The van der Waals surface area contributed by atoms with Gasteiger partial charge in [-0.3, -0.25) is 9.52 Å². The number of thioether (sulfide) groups is 1. The largest absolute Gasteiger partial charge is 0.497 e. The van der Waals surface area contributed by atoms with E-state index in [0.717, 1.165) is 11.8 Å². The van der Waals surface area contributed by atoms with Crippen molar-refractivity contribution in [3.05, 3.63) is 77.8 Å². The molecule has 0 saturated heterocycles. The Labute approximate surface area is 210 Å². The van der Waals surface area contributed by atoms with E-state index in [1.165, 1.54) is 19.2 Å². The predicted octanol–water partition coefficient (Wildman–Crippen LogP) is 4.93. The van der Waals surface area contributed by atoms with Crippen molar-refractivity contribution in [2.75, 3.05) is 22.9 Å². The second kappa shape index (κ2) is 10.8. The first-order valence-corrected chi connectivity index (χ1v) is 13.0. The summed E-state index contributed by atoms with van der Waals surface area (Å²) in [4.78, 5) is 12.3. The molecule has 12 heteroatoms. The standard InChI is InChI=1S/C23H19ClN4O5S2/c1-32-17-10-12-18(13-11-17)35(30,31)28-16-8-6-15(7-9-16)22-26-27-23(33-22)34-14-21(29)25-20-5-3-2-4-19(20)24/h2-13,28H,14H2,1H3,(H,25,29). The van der Waals surface area contributed by atoms with Crippen LogP contribution in [0.25, 0.3) is 11.5 Å². The van der Waals surface area contributed by atoms with Gasteiger partial charge in [-0.25, -0.2) is 8.42 Å². The smallest absolute Gasteiger partial charge is 0.277 e. The van der Waals surface area contributed by atoms with Gasteiger partial charge < -0.3 is 14.5 Å². The van der Waals surface area contributed by atoms with Crippen molar-refractivity contribution in [2.45, 2.75) is 10.1 Å². The van der Waals surface area contributed by atoms with Crippen molar-refractivity contribution in [1.29, 1.82) is 0 Å². The average molecular weight is 531 g/mol. The van der Waals surface area contributed by atoms with Crippen LogP contribution in [0.3, 0.4) is 0 Å². The van der Waals surface area contributed by atoms with Gasteiger partial charge in [0.1, 0.15) is 5.75 Å². The van der Waals surface area contributed by atoms with Crippen LogP contribution in [0.2, 0.25) is 5.02 Å². The van der Waals surface area contributed by atoms with E-state index >= 15 is 0 Å². The molecular weight excluding hydrogens is 512 g/mol. The molecule has 0 aliphatic carbocycles. The molecule has 0 atom stereocenters. The summed E-state index contributed by atoms with van der Waals surface area (Å²) in [6, 6.07) is 19.5. The summed E-state index contributed by atoms with van der Waals surface area (Å²) >= 11 is 7.13. The van der Waals surface area contributed by atoms with Gasteiger partial charge in [-0.05, 0) is 60.7 Å². The number of anilines is 2. The second-order valence-corrected chi connectivity index (χ2v) is 10.1. The highest BCUT2D eigenvalue weighted by Crippen LogP contribution is 2.26. The highest BCUT2D eigenvalue weighted by Gasteiger charge is 2.16. The lowest BCUT2D eigenvalue weighted by Crippen LogP contribution is -2.14. The molecular formula is C23H19ClN4O5S2. The maximum Gasteiger partial charge on any atom is 0.277 e. The number of methoxy groups -OCH3 is 1. The van der Waals surface area contributed by atoms with Crippen LogP contribution in [-0.2, 0) is 14.8 Å².